The van der Waals surface area contributed by atoms with Crippen molar-refractivity contribution in [3.8, 4) is 0 Å². The molecule has 0 radical (unpaired) electrons. The smallest absolute Gasteiger partial charge is 0.321 e. The lowest BCUT2D eigenvalue weighted by molar-refractivity contribution is -0.143. The van der Waals surface area contributed by atoms with Crippen LogP contribution in [0.15, 0.2) is 52.2 Å². The Morgan fingerprint density at radius 3 is 2.50 bits per heavy atom. The third-order valence-corrected chi connectivity index (χ3v) is 5.75. The number of Topliss-reactive ketones (excluding diaryl/α,β-unsaturated/α-hetero) is 1. The number of para-hydroxylation sites is 1. The number of nitrogens with zero attached hydrogens (tertiary/aromatic N) is 1. The van der Waals surface area contributed by atoms with Gasteiger partial charge in [0, 0.05) is 5.56 Å². The van der Waals surface area contributed by atoms with Crippen molar-refractivity contribution in [1.29, 1.82) is 0 Å². The van der Waals surface area contributed by atoms with Crippen LogP contribution in [0.5, 0.6) is 0 Å². The molecule has 0 spiro atoms. The van der Waals surface area contributed by atoms with Gasteiger partial charge < -0.3 is 9.72 Å². The zero-order valence-electron chi connectivity index (χ0n) is 16.3. The standard InChI is InChI=1S/C20H19N3O6S/c1-12-4-3-5-16-19(12)22-17(23-20(16)26)11-29-18(25)10-21-30(27,28)15-8-6-14(7-9-15)13(2)24/h3-9,21H,10-11H2,1-2H3,(H,22,23,26). The van der Waals surface area contributed by atoms with E-state index in [0.717, 1.165) is 5.56 Å². The van der Waals surface area contributed by atoms with Crippen molar-refractivity contribution in [2.24, 2.45) is 0 Å². The molecule has 2 aromatic carbocycles. The number of carbonyl (C=O) groups is 2. The largest absolute Gasteiger partial charge is 0.457 e. The maximum absolute atomic E-state index is 12.3. The number of aromatic amines is 1. The zero-order valence-corrected chi connectivity index (χ0v) is 17.1. The molecular weight excluding hydrogens is 410 g/mol. The molecule has 0 saturated heterocycles. The van der Waals surface area contributed by atoms with Crippen LogP contribution in [0.1, 0.15) is 28.7 Å². The summed E-state index contributed by atoms with van der Waals surface area (Å²) in [7, 11) is -3.96. The Bertz CT molecular complexity index is 1280. The van der Waals surface area contributed by atoms with Crippen LogP contribution in [0.3, 0.4) is 0 Å². The van der Waals surface area contributed by atoms with Gasteiger partial charge in [0.15, 0.2) is 5.78 Å². The number of sulfonamides is 1. The predicted molar refractivity (Wildman–Crippen MR) is 109 cm³/mol. The fourth-order valence-electron chi connectivity index (χ4n) is 2.73. The highest BCUT2D eigenvalue weighted by Gasteiger charge is 2.17. The van der Waals surface area contributed by atoms with Crippen molar-refractivity contribution in [3.05, 3.63) is 69.8 Å². The van der Waals surface area contributed by atoms with Gasteiger partial charge in [-0.3, -0.25) is 14.4 Å². The molecule has 2 N–H and O–H groups in total. The lowest BCUT2D eigenvalue weighted by Crippen LogP contribution is -2.31. The van der Waals surface area contributed by atoms with Crippen molar-refractivity contribution in [2.45, 2.75) is 25.3 Å². The average Bonchev–Trinajstić information content (AvgIpc) is 2.71. The molecule has 0 saturated carbocycles. The highest BCUT2D eigenvalue weighted by atomic mass is 32.2. The SMILES string of the molecule is CC(=O)c1ccc(S(=O)(=O)NCC(=O)OCc2nc3c(C)cccc3c(=O)[nH]2)cc1. The molecule has 0 aliphatic heterocycles. The number of hydrogen-bond donors (Lipinski definition) is 2. The minimum absolute atomic E-state index is 0.0868. The van der Waals surface area contributed by atoms with Crippen molar-refractivity contribution >= 4 is 32.7 Å². The van der Waals surface area contributed by atoms with Gasteiger partial charge in [0.2, 0.25) is 10.0 Å². The number of nitrogens with one attached hydrogen (secondary N) is 2. The highest BCUT2D eigenvalue weighted by molar-refractivity contribution is 7.89. The number of H-pyrrole nitrogens is 1. The third kappa shape index (κ3) is 4.78. The minimum atomic E-state index is -3.96. The van der Waals surface area contributed by atoms with Gasteiger partial charge in [0.25, 0.3) is 5.56 Å². The van der Waals surface area contributed by atoms with E-state index in [1.807, 2.05) is 13.0 Å². The Balaban J connectivity index is 1.62. The third-order valence-electron chi connectivity index (χ3n) is 4.33. The van der Waals surface area contributed by atoms with Gasteiger partial charge in [-0.1, -0.05) is 24.3 Å². The molecule has 0 fully saturated rings. The van der Waals surface area contributed by atoms with Gasteiger partial charge in [0.1, 0.15) is 19.0 Å². The number of benzene rings is 2. The summed E-state index contributed by atoms with van der Waals surface area (Å²) in [6.07, 6.45) is 0. The summed E-state index contributed by atoms with van der Waals surface area (Å²) in [5.74, 6) is -0.879. The summed E-state index contributed by atoms with van der Waals surface area (Å²) >= 11 is 0. The number of ether oxygens (including phenoxy) is 1. The average molecular weight is 429 g/mol. The summed E-state index contributed by atoms with van der Waals surface area (Å²) in [6.45, 7) is 2.26. The quantitative estimate of drug-likeness (QED) is 0.429. The maximum atomic E-state index is 12.3. The first-order valence-corrected chi connectivity index (χ1v) is 10.4. The first-order valence-electron chi connectivity index (χ1n) is 8.92. The molecule has 0 amide bonds. The van der Waals surface area contributed by atoms with Crippen molar-refractivity contribution in [1.82, 2.24) is 14.7 Å². The number of aromatic nitrogens is 2. The number of carbonyl (C=O) groups excluding carboxylic acids is 2. The Morgan fingerprint density at radius 1 is 1.13 bits per heavy atom. The van der Waals surface area contributed by atoms with Crippen molar-refractivity contribution in [3.63, 3.8) is 0 Å². The second kappa shape index (κ2) is 8.56. The molecule has 10 heteroatoms. The van der Waals surface area contributed by atoms with E-state index in [2.05, 4.69) is 14.7 Å². The summed E-state index contributed by atoms with van der Waals surface area (Å²) in [5.41, 5.74) is 1.32. The van der Waals surface area contributed by atoms with E-state index >= 15 is 0 Å². The van der Waals surface area contributed by atoms with Gasteiger partial charge in [-0.2, -0.15) is 4.72 Å². The van der Waals surface area contributed by atoms with Crippen molar-refractivity contribution < 1.29 is 22.7 Å². The molecule has 0 unspecified atom stereocenters. The molecule has 1 heterocycles. The fraction of sp³-hybridized carbons (Fsp3) is 0.200. The number of aryl methyl sites for hydroxylation is 1. The first kappa shape index (κ1) is 21.3. The second-order valence-electron chi connectivity index (χ2n) is 6.55. The number of fused-ring (bicyclic) bond motifs is 1. The molecule has 3 rings (SSSR count). The molecule has 9 nitrogen and oxygen atoms in total. The number of esters is 1. The molecule has 30 heavy (non-hydrogen) atoms. The maximum Gasteiger partial charge on any atom is 0.321 e. The molecule has 0 aliphatic rings. The summed E-state index contributed by atoms with van der Waals surface area (Å²) in [5, 5.41) is 0.425. The van der Waals surface area contributed by atoms with E-state index in [-0.39, 0.29) is 28.7 Å². The van der Waals surface area contributed by atoms with Crippen LogP contribution in [0.25, 0.3) is 10.9 Å². The molecule has 0 aliphatic carbocycles. The molecular formula is C20H19N3O6S. The monoisotopic (exact) mass is 429 g/mol. The Kier molecular flexibility index (Phi) is 6.09. The summed E-state index contributed by atoms with van der Waals surface area (Å²) in [4.78, 5) is 42.1. The molecule has 0 atom stereocenters. The molecule has 1 aromatic heterocycles. The van der Waals surface area contributed by atoms with Crippen molar-refractivity contribution in [2.75, 3.05) is 6.54 Å². The van der Waals surface area contributed by atoms with Crippen LogP contribution in [0.2, 0.25) is 0 Å². The van der Waals surface area contributed by atoms with E-state index < -0.39 is 22.5 Å². The number of rotatable bonds is 7. The molecule has 0 bridgehead atoms. The Morgan fingerprint density at radius 2 is 1.83 bits per heavy atom. The Labute approximate surface area is 172 Å². The Hall–Kier alpha value is -3.37. The number of ketones is 1. The van der Waals surface area contributed by atoms with Crippen LogP contribution in [0, 0.1) is 6.92 Å². The van der Waals surface area contributed by atoms with E-state index in [1.165, 1.54) is 31.2 Å². The lowest BCUT2D eigenvalue weighted by Gasteiger charge is -2.08. The highest BCUT2D eigenvalue weighted by Crippen LogP contribution is 2.13. The molecule has 3 aromatic rings. The predicted octanol–water partition coefficient (Wildman–Crippen LogP) is 1.46. The van der Waals surface area contributed by atoms with Crippen LogP contribution in [-0.2, 0) is 26.2 Å². The second-order valence-corrected chi connectivity index (χ2v) is 8.32. The summed E-state index contributed by atoms with van der Waals surface area (Å²) < 4.78 is 31.7. The van der Waals surface area contributed by atoms with Gasteiger partial charge >= 0.3 is 5.97 Å². The topological polar surface area (TPSA) is 135 Å². The van der Waals surface area contributed by atoms with Crippen LogP contribution >= 0.6 is 0 Å². The summed E-state index contributed by atoms with van der Waals surface area (Å²) in [6, 6.07) is 10.5. The van der Waals surface area contributed by atoms with E-state index in [1.54, 1.807) is 12.1 Å². The van der Waals surface area contributed by atoms with Gasteiger partial charge in [-0.15, -0.1) is 0 Å². The van der Waals surface area contributed by atoms with Crippen LogP contribution in [0.4, 0.5) is 0 Å². The van der Waals surface area contributed by atoms with E-state index in [4.69, 9.17) is 4.74 Å². The first-order chi connectivity index (χ1) is 14.2. The van der Waals surface area contributed by atoms with Gasteiger partial charge in [0.05, 0.1) is 15.8 Å². The normalized spacial score (nSPS) is 11.4. The molecule has 156 valence electrons. The van der Waals surface area contributed by atoms with Crippen LogP contribution < -0.4 is 10.3 Å². The zero-order chi connectivity index (χ0) is 21.9. The minimum Gasteiger partial charge on any atom is -0.457 e. The van der Waals surface area contributed by atoms with E-state index in [9.17, 15) is 22.8 Å². The van der Waals surface area contributed by atoms with E-state index in [0.29, 0.717) is 16.5 Å². The van der Waals surface area contributed by atoms with Crippen LogP contribution in [-0.4, -0.2) is 36.7 Å². The van der Waals surface area contributed by atoms with Gasteiger partial charge in [-0.05, 0) is 37.6 Å². The lowest BCUT2D eigenvalue weighted by atomic mass is 10.1. The number of hydrogen-bond acceptors (Lipinski definition) is 7. The van der Waals surface area contributed by atoms with Gasteiger partial charge in [-0.25, -0.2) is 13.4 Å². The fourth-order valence-corrected chi connectivity index (χ4v) is 3.70.